The molecular formula is C15H21N7O2. The predicted octanol–water partition coefficient (Wildman–Crippen LogP) is 1.18. The first-order valence-electron chi connectivity index (χ1n) is 8.10. The maximum atomic E-state index is 12.0. The van der Waals surface area contributed by atoms with E-state index in [0.717, 1.165) is 0 Å². The van der Waals surface area contributed by atoms with E-state index in [4.69, 9.17) is 0 Å². The van der Waals surface area contributed by atoms with Crippen LogP contribution in [0.25, 0.3) is 0 Å². The van der Waals surface area contributed by atoms with Crippen LogP contribution in [0.2, 0.25) is 0 Å². The molecule has 2 aromatic heterocycles. The van der Waals surface area contributed by atoms with Gasteiger partial charge in [0.15, 0.2) is 0 Å². The number of piperazine rings is 1. The molecule has 1 atom stereocenters. The van der Waals surface area contributed by atoms with Crippen molar-refractivity contribution in [2.24, 2.45) is 0 Å². The zero-order valence-corrected chi connectivity index (χ0v) is 13.7. The number of anilines is 1. The Labute approximate surface area is 140 Å². The highest BCUT2D eigenvalue weighted by Gasteiger charge is 2.51. The lowest BCUT2D eigenvalue weighted by Crippen LogP contribution is -2.62. The van der Waals surface area contributed by atoms with Gasteiger partial charge in [0.2, 0.25) is 5.95 Å². The van der Waals surface area contributed by atoms with Crippen LogP contribution in [0.3, 0.4) is 0 Å². The monoisotopic (exact) mass is 331 g/mol. The number of rotatable bonds is 6. The van der Waals surface area contributed by atoms with Gasteiger partial charge in [-0.2, -0.15) is 9.78 Å². The van der Waals surface area contributed by atoms with E-state index in [0.29, 0.717) is 45.0 Å². The minimum absolute atomic E-state index is 0.210. The summed E-state index contributed by atoms with van der Waals surface area (Å²) < 4.78 is 1.48. The van der Waals surface area contributed by atoms with Crippen LogP contribution in [0.5, 0.6) is 0 Å². The van der Waals surface area contributed by atoms with Crippen molar-refractivity contribution >= 4 is 5.95 Å². The largest absolute Gasteiger partial charge is 0.375 e. The van der Waals surface area contributed by atoms with Gasteiger partial charge in [-0.15, -0.1) is 0 Å². The number of nitrogens with zero attached hydrogens (tertiary/aromatic N) is 7. The molecule has 9 nitrogen and oxygen atoms in total. The summed E-state index contributed by atoms with van der Waals surface area (Å²) in [6.07, 6.45) is 7.77. The molecule has 2 aromatic rings. The second-order valence-corrected chi connectivity index (χ2v) is 5.75. The van der Waals surface area contributed by atoms with Gasteiger partial charge in [-0.05, 0) is 18.6 Å². The highest BCUT2D eigenvalue weighted by atomic mass is 16.6. The van der Waals surface area contributed by atoms with Gasteiger partial charge >= 0.3 is 5.79 Å². The fourth-order valence-electron chi connectivity index (χ4n) is 3.24. The van der Waals surface area contributed by atoms with Gasteiger partial charge in [-0.1, -0.05) is 6.92 Å². The molecule has 1 aliphatic rings. The Bertz CT molecular complexity index is 656. The molecular weight excluding hydrogens is 310 g/mol. The minimum Gasteiger partial charge on any atom is -0.338 e. The van der Waals surface area contributed by atoms with E-state index in [-0.39, 0.29) is 4.92 Å². The van der Waals surface area contributed by atoms with Gasteiger partial charge in [0.05, 0.1) is 11.3 Å². The molecule has 1 aliphatic heterocycles. The van der Waals surface area contributed by atoms with E-state index in [1.165, 1.54) is 4.68 Å². The van der Waals surface area contributed by atoms with Crippen molar-refractivity contribution in [3.05, 3.63) is 47.0 Å². The van der Waals surface area contributed by atoms with Crippen LogP contribution in [0.1, 0.15) is 19.8 Å². The summed E-state index contributed by atoms with van der Waals surface area (Å²) in [6, 6.07) is 3.50. The Morgan fingerprint density at radius 3 is 2.42 bits per heavy atom. The van der Waals surface area contributed by atoms with Crippen LogP contribution >= 0.6 is 0 Å². The Morgan fingerprint density at radius 1 is 1.17 bits per heavy atom. The van der Waals surface area contributed by atoms with Gasteiger partial charge < -0.3 is 4.90 Å². The van der Waals surface area contributed by atoms with Crippen molar-refractivity contribution < 1.29 is 4.92 Å². The van der Waals surface area contributed by atoms with Crippen molar-refractivity contribution in [3.63, 3.8) is 0 Å². The Hall–Kier alpha value is -2.55. The molecule has 3 heterocycles. The molecule has 9 heteroatoms. The summed E-state index contributed by atoms with van der Waals surface area (Å²) in [5.41, 5.74) is 0. The minimum atomic E-state index is -1.33. The Balaban J connectivity index is 1.82. The topological polar surface area (TPSA) is 93.2 Å². The number of hydrogen-bond acceptors (Lipinski definition) is 7. The summed E-state index contributed by atoms with van der Waals surface area (Å²) in [5.74, 6) is -0.666. The van der Waals surface area contributed by atoms with Crippen LogP contribution in [0, 0.1) is 10.1 Å². The average Bonchev–Trinajstić information content (AvgIpc) is 3.15. The lowest BCUT2D eigenvalue weighted by atomic mass is 10.1. The molecule has 0 amide bonds. The van der Waals surface area contributed by atoms with Crippen molar-refractivity contribution in [1.82, 2.24) is 24.6 Å². The van der Waals surface area contributed by atoms with Crippen LogP contribution in [0.4, 0.5) is 5.95 Å². The summed E-state index contributed by atoms with van der Waals surface area (Å²) in [4.78, 5) is 24.3. The van der Waals surface area contributed by atoms with E-state index in [1.54, 1.807) is 36.9 Å². The molecule has 0 saturated carbocycles. The van der Waals surface area contributed by atoms with E-state index < -0.39 is 5.79 Å². The van der Waals surface area contributed by atoms with E-state index in [1.807, 2.05) is 11.8 Å². The van der Waals surface area contributed by atoms with E-state index >= 15 is 0 Å². The second-order valence-electron chi connectivity index (χ2n) is 5.75. The van der Waals surface area contributed by atoms with Crippen LogP contribution in [-0.4, -0.2) is 55.8 Å². The van der Waals surface area contributed by atoms with E-state index in [2.05, 4.69) is 20.0 Å². The summed E-state index contributed by atoms with van der Waals surface area (Å²) >= 11 is 0. The molecule has 128 valence electrons. The zero-order chi connectivity index (χ0) is 17.0. The molecule has 0 spiro atoms. The number of aromatic nitrogens is 4. The van der Waals surface area contributed by atoms with Gasteiger partial charge in [0, 0.05) is 51.0 Å². The standard InChI is InChI=1S/C15H21N7O2/c1-2-5-15(22(23)24,21-9-4-8-18-21)20-12-10-19(11-13-20)14-16-6-3-7-17-14/h3-4,6-9H,2,5,10-13H2,1H3. The zero-order valence-electron chi connectivity index (χ0n) is 13.7. The number of nitro groups is 1. The number of hydrogen-bond donors (Lipinski definition) is 0. The first-order chi connectivity index (χ1) is 11.7. The maximum absolute atomic E-state index is 12.0. The molecule has 0 aromatic carbocycles. The highest BCUT2D eigenvalue weighted by Crippen LogP contribution is 2.29. The van der Waals surface area contributed by atoms with Crippen molar-refractivity contribution in [1.29, 1.82) is 0 Å². The van der Waals surface area contributed by atoms with Crippen molar-refractivity contribution in [2.75, 3.05) is 31.1 Å². The van der Waals surface area contributed by atoms with Crippen LogP contribution in [-0.2, 0) is 5.79 Å². The molecule has 3 rings (SSSR count). The third-order valence-electron chi connectivity index (χ3n) is 4.37. The molecule has 24 heavy (non-hydrogen) atoms. The third kappa shape index (κ3) is 2.82. The normalized spacial score (nSPS) is 18.3. The summed E-state index contributed by atoms with van der Waals surface area (Å²) in [5, 5.41) is 16.2. The maximum Gasteiger partial charge on any atom is 0.375 e. The van der Waals surface area contributed by atoms with Gasteiger partial charge in [-0.3, -0.25) is 10.1 Å². The van der Waals surface area contributed by atoms with E-state index in [9.17, 15) is 10.1 Å². The molecule has 1 fully saturated rings. The predicted molar refractivity (Wildman–Crippen MR) is 87.9 cm³/mol. The molecule has 0 aliphatic carbocycles. The average molecular weight is 331 g/mol. The molecule has 1 saturated heterocycles. The summed E-state index contributed by atoms with van der Waals surface area (Å²) in [6.45, 7) is 4.35. The Kier molecular flexibility index (Phi) is 4.70. The SMILES string of the molecule is CCCC(N1CCN(c2ncccn2)CC1)(n1cccn1)[N+](=O)[O-]. The first-order valence-corrected chi connectivity index (χ1v) is 8.10. The van der Waals surface area contributed by atoms with Crippen LogP contribution in [0.15, 0.2) is 36.9 Å². The Morgan fingerprint density at radius 2 is 1.88 bits per heavy atom. The van der Waals surface area contributed by atoms with Gasteiger partial charge in [-0.25, -0.2) is 14.9 Å². The smallest absolute Gasteiger partial charge is 0.338 e. The summed E-state index contributed by atoms with van der Waals surface area (Å²) in [7, 11) is 0. The first kappa shape index (κ1) is 16.3. The molecule has 0 N–H and O–H groups in total. The highest BCUT2D eigenvalue weighted by molar-refractivity contribution is 5.29. The second kappa shape index (κ2) is 6.91. The molecule has 1 unspecified atom stereocenters. The fraction of sp³-hybridized carbons (Fsp3) is 0.533. The quantitative estimate of drug-likeness (QED) is 0.579. The molecule has 0 radical (unpaired) electrons. The third-order valence-corrected chi connectivity index (χ3v) is 4.37. The van der Waals surface area contributed by atoms with Gasteiger partial charge in [0.1, 0.15) is 0 Å². The van der Waals surface area contributed by atoms with Crippen molar-refractivity contribution in [2.45, 2.75) is 25.6 Å². The molecule has 0 bridgehead atoms. The van der Waals surface area contributed by atoms with Crippen molar-refractivity contribution in [3.8, 4) is 0 Å². The van der Waals surface area contributed by atoms with Crippen LogP contribution < -0.4 is 4.90 Å². The fourth-order valence-corrected chi connectivity index (χ4v) is 3.24. The lowest BCUT2D eigenvalue weighted by Gasteiger charge is -2.41. The lowest BCUT2D eigenvalue weighted by molar-refractivity contribution is -0.640. The van der Waals surface area contributed by atoms with Gasteiger partial charge in [0.25, 0.3) is 0 Å².